The summed E-state index contributed by atoms with van der Waals surface area (Å²) in [6.07, 6.45) is 4.12. The van der Waals surface area contributed by atoms with Crippen LogP contribution in [0.1, 0.15) is 55.3 Å². The minimum atomic E-state index is -0.500. The maximum Gasteiger partial charge on any atom is 0.166 e. The lowest BCUT2D eigenvalue weighted by molar-refractivity contribution is 0.226. The van der Waals surface area contributed by atoms with Gasteiger partial charge in [0.1, 0.15) is 11.9 Å². The standard InChI is InChI=1S/C26H29FN6O/c1-14-8-20-11-21(15(2)28)25(30-12-17-4-5-17)18-9-24(26(29)31-13-18)34-16(3)22-10-19(27)6-7-23(22)33(20)32-14/h6-10,13,16-17H,4-5,11-12,28H2,1-3H3,(H2,29,31)/t16-/m1/s1. The van der Waals surface area contributed by atoms with Crippen molar-refractivity contribution in [2.45, 2.75) is 46.1 Å². The van der Waals surface area contributed by atoms with Crippen molar-refractivity contribution in [1.82, 2.24) is 14.8 Å². The molecule has 4 N–H and O–H groups in total. The van der Waals surface area contributed by atoms with Gasteiger partial charge in [-0.1, -0.05) is 0 Å². The second kappa shape index (κ2) is 8.59. The zero-order valence-corrected chi connectivity index (χ0v) is 19.7. The molecular weight excluding hydrogens is 431 g/mol. The number of pyridine rings is 1. The first-order chi connectivity index (χ1) is 16.3. The first-order valence-corrected chi connectivity index (χ1v) is 11.6. The molecule has 0 saturated heterocycles. The van der Waals surface area contributed by atoms with Gasteiger partial charge >= 0.3 is 0 Å². The Morgan fingerprint density at radius 3 is 2.79 bits per heavy atom. The maximum atomic E-state index is 14.3. The number of allylic oxidation sites excluding steroid dienone is 2. The first-order valence-electron chi connectivity index (χ1n) is 11.6. The highest BCUT2D eigenvalue weighted by atomic mass is 19.1. The molecule has 1 fully saturated rings. The molecule has 2 aromatic heterocycles. The Labute approximate surface area is 198 Å². The third kappa shape index (κ3) is 4.27. The Kier molecular flexibility index (Phi) is 5.59. The van der Waals surface area contributed by atoms with E-state index in [1.54, 1.807) is 12.3 Å². The van der Waals surface area contributed by atoms with Crippen molar-refractivity contribution in [1.29, 1.82) is 0 Å². The molecule has 3 heterocycles. The number of nitrogens with zero attached hydrogens (tertiary/aromatic N) is 4. The predicted molar refractivity (Wildman–Crippen MR) is 131 cm³/mol. The second-order valence-corrected chi connectivity index (χ2v) is 9.23. The fourth-order valence-corrected chi connectivity index (χ4v) is 4.34. The van der Waals surface area contributed by atoms with Gasteiger partial charge in [0.15, 0.2) is 11.6 Å². The van der Waals surface area contributed by atoms with Gasteiger partial charge in [-0.05, 0) is 69.9 Å². The van der Waals surface area contributed by atoms with Gasteiger partial charge in [0.05, 0.1) is 17.1 Å². The molecule has 0 amide bonds. The molecule has 3 aromatic rings. The van der Waals surface area contributed by atoms with E-state index in [-0.39, 0.29) is 11.6 Å². The van der Waals surface area contributed by atoms with Crippen molar-refractivity contribution >= 4 is 11.5 Å². The zero-order chi connectivity index (χ0) is 24.0. The number of nitrogen functional groups attached to an aromatic ring is 1. The number of rotatable bonds is 2. The highest BCUT2D eigenvalue weighted by Crippen LogP contribution is 2.34. The van der Waals surface area contributed by atoms with E-state index in [1.807, 2.05) is 37.6 Å². The fraction of sp³-hybridized carbons (Fsp3) is 0.346. The molecule has 176 valence electrons. The monoisotopic (exact) mass is 460 g/mol. The molecule has 8 heteroatoms. The summed E-state index contributed by atoms with van der Waals surface area (Å²) < 4.78 is 22.4. The molecule has 7 nitrogen and oxygen atoms in total. The Balaban J connectivity index is 1.76. The van der Waals surface area contributed by atoms with Crippen LogP contribution in [0.5, 0.6) is 5.75 Å². The molecule has 0 unspecified atom stereocenters. The van der Waals surface area contributed by atoms with Gasteiger partial charge in [0.2, 0.25) is 0 Å². The Morgan fingerprint density at radius 2 is 2.06 bits per heavy atom. The van der Waals surface area contributed by atoms with Crippen molar-refractivity contribution in [3.05, 3.63) is 76.1 Å². The van der Waals surface area contributed by atoms with Crippen LogP contribution in [0.2, 0.25) is 0 Å². The number of aryl methyl sites for hydroxylation is 1. The van der Waals surface area contributed by atoms with Gasteiger partial charge < -0.3 is 16.2 Å². The van der Waals surface area contributed by atoms with Crippen LogP contribution in [0.15, 0.2) is 52.8 Å². The first kappa shape index (κ1) is 22.1. The lowest BCUT2D eigenvalue weighted by Gasteiger charge is -2.23. The SMILES string of the molecule is CC(N)=C1Cc2cc(C)nn2-c2ccc(F)cc2[C@@H](C)Oc2cc(cnc2N)C1=NCC1CC1. The Morgan fingerprint density at radius 1 is 1.26 bits per heavy atom. The molecule has 0 spiro atoms. The van der Waals surface area contributed by atoms with Gasteiger partial charge in [0.25, 0.3) is 0 Å². The normalized spacial score (nSPS) is 20.6. The Hall–Kier alpha value is -3.68. The highest BCUT2D eigenvalue weighted by Gasteiger charge is 2.25. The van der Waals surface area contributed by atoms with Crippen molar-refractivity contribution in [2.24, 2.45) is 16.6 Å². The van der Waals surface area contributed by atoms with Crippen LogP contribution in [-0.2, 0) is 6.42 Å². The molecule has 34 heavy (non-hydrogen) atoms. The van der Waals surface area contributed by atoms with E-state index in [0.717, 1.165) is 40.5 Å². The maximum absolute atomic E-state index is 14.3. The number of hydrogen-bond donors (Lipinski definition) is 2. The summed E-state index contributed by atoms with van der Waals surface area (Å²) in [5.41, 5.74) is 19.0. The fourth-order valence-electron chi connectivity index (χ4n) is 4.34. The van der Waals surface area contributed by atoms with E-state index in [0.29, 0.717) is 29.3 Å². The van der Waals surface area contributed by atoms with Crippen molar-refractivity contribution in [3.63, 3.8) is 0 Å². The third-order valence-electron chi connectivity index (χ3n) is 6.34. The number of ether oxygens (including phenoxy) is 1. The third-order valence-corrected chi connectivity index (χ3v) is 6.34. The molecule has 5 rings (SSSR count). The lowest BCUT2D eigenvalue weighted by atomic mass is 9.96. The van der Waals surface area contributed by atoms with Gasteiger partial charge in [-0.15, -0.1) is 0 Å². The summed E-state index contributed by atoms with van der Waals surface area (Å²) in [4.78, 5) is 9.39. The summed E-state index contributed by atoms with van der Waals surface area (Å²) in [6, 6.07) is 8.52. The van der Waals surface area contributed by atoms with E-state index < -0.39 is 6.10 Å². The quantitative estimate of drug-likeness (QED) is 0.589. The van der Waals surface area contributed by atoms with Gasteiger partial charge in [-0.25, -0.2) is 14.1 Å². The van der Waals surface area contributed by atoms with Gasteiger partial charge in [-0.3, -0.25) is 4.99 Å². The summed E-state index contributed by atoms with van der Waals surface area (Å²) in [5.74, 6) is 0.947. The second-order valence-electron chi connectivity index (χ2n) is 9.23. The number of halogens is 1. The average Bonchev–Trinajstić information content (AvgIpc) is 3.55. The minimum absolute atomic E-state index is 0.262. The topological polar surface area (TPSA) is 104 Å². The van der Waals surface area contributed by atoms with Crippen LogP contribution < -0.4 is 16.2 Å². The van der Waals surface area contributed by atoms with Crippen LogP contribution in [-0.4, -0.2) is 27.0 Å². The smallest absolute Gasteiger partial charge is 0.166 e. The van der Waals surface area contributed by atoms with E-state index in [9.17, 15) is 4.39 Å². The van der Waals surface area contributed by atoms with Crippen LogP contribution in [0.3, 0.4) is 0 Å². The molecular formula is C26H29FN6O. The van der Waals surface area contributed by atoms with Crippen LogP contribution in [0.4, 0.5) is 10.2 Å². The number of aromatic nitrogens is 3. The van der Waals surface area contributed by atoms with E-state index >= 15 is 0 Å². The minimum Gasteiger partial charge on any atom is -0.482 e. The molecule has 1 aliphatic heterocycles. The number of nitrogens with two attached hydrogens (primary N) is 2. The summed E-state index contributed by atoms with van der Waals surface area (Å²) >= 11 is 0. The zero-order valence-electron chi connectivity index (χ0n) is 19.7. The highest BCUT2D eigenvalue weighted by molar-refractivity contribution is 6.13. The largest absolute Gasteiger partial charge is 0.482 e. The number of hydrogen-bond acceptors (Lipinski definition) is 6. The van der Waals surface area contributed by atoms with Crippen LogP contribution in [0.25, 0.3) is 5.69 Å². The van der Waals surface area contributed by atoms with Gasteiger partial charge in [-0.2, -0.15) is 5.10 Å². The average molecular weight is 461 g/mol. The number of fused-ring (bicyclic) bond motifs is 5. The molecule has 0 radical (unpaired) electrons. The van der Waals surface area contributed by atoms with Crippen molar-refractivity contribution < 1.29 is 9.13 Å². The van der Waals surface area contributed by atoms with E-state index in [2.05, 4.69) is 4.98 Å². The van der Waals surface area contributed by atoms with Gasteiger partial charge in [0, 0.05) is 47.3 Å². The summed E-state index contributed by atoms with van der Waals surface area (Å²) in [7, 11) is 0. The summed E-state index contributed by atoms with van der Waals surface area (Å²) in [5, 5.41) is 4.73. The van der Waals surface area contributed by atoms with Crippen molar-refractivity contribution in [3.8, 4) is 11.4 Å². The van der Waals surface area contributed by atoms with Crippen LogP contribution >= 0.6 is 0 Å². The van der Waals surface area contributed by atoms with E-state index in [1.165, 1.54) is 25.0 Å². The molecule has 2 bridgehead atoms. The number of anilines is 1. The lowest BCUT2D eigenvalue weighted by Crippen LogP contribution is -2.19. The molecule has 1 aromatic carbocycles. The molecule has 1 aliphatic carbocycles. The van der Waals surface area contributed by atoms with E-state index in [4.69, 9.17) is 26.3 Å². The summed E-state index contributed by atoms with van der Waals surface area (Å²) in [6.45, 7) is 6.43. The predicted octanol–water partition coefficient (Wildman–Crippen LogP) is 4.42. The molecule has 1 atom stereocenters. The Bertz CT molecular complexity index is 1320. The van der Waals surface area contributed by atoms with Crippen LogP contribution in [0, 0.1) is 18.7 Å². The number of benzene rings is 1. The number of aliphatic imine (C=N–C) groups is 1. The molecule has 1 saturated carbocycles. The molecule has 2 aliphatic rings. The van der Waals surface area contributed by atoms with Crippen molar-refractivity contribution in [2.75, 3.05) is 12.3 Å².